The van der Waals surface area contributed by atoms with Crippen molar-refractivity contribution >= 4 is 5.97 Å². The first kappa shape index (κ1) is 11.7. The molecule has 0 bridgehead atoms. The van der Waals surface area contributed by atoms with Crippen molar-refractivity contribution in [1.29, 1.82) is 0 Å². The van der Waals surface area contributed by atoms with Crippen LogP contribution in [-0.2, 0) is 19.4 Å². The molecule has 6 heteroatoms. The molecule has 0 aliphatic heterocycles. The minimum absolute atomic E-state index is 0.103. The van der Waals surface area contributed by atoms with Gasteiger partial charge in [-0.3, -0.25) is 4.79 Å². The molecule has 2 aromatic heterocycles. The maximum Gasteiger partial charge on any atom is 0.358 e. The number of hydrogen-bond donors (Lipinski definition) is 1. The van der Waals surface area contributed by atoms with Crippen LogP contribution in [0.4, 0.5) is 0 Å². The second kappa shape index (κ2) is 4.38. The minimum atomic E-state index is -1.14. The molecule has 0 fully saturated rings. The van der Waals surface area contributed by atoms with Crippen LogP contribution in [0.2, 0.25) is 0 Å². The largest absolute Gasteiger partial charge is 0.476 e. The quantitative estimate of drug-likeness (QED) is 0.892. The van der Waals surface area contributed by atoms with Gasteiger partial charge in [0.25, 0.3) is 5.56 Å². The number of hydrogen-bond acceptors (Lipinski definition) is 4. The fourth-order valence-electron chi connectivity index (χ4n) is 2.45. The highest BCUT2D eigenvalue weighted by molar-refractivity contribution is 5.85. The van der Waals surface area contributed by atoms with E-state index in [1.54, 1.807) is 10.6 Å². The van der Waals surface area contributed by atoms with Crippen molar-refractivity contribution in [2.24, 2.45) is 0 Å². The molecule has 0 amide bonds. The first-order valence-electron chi connectivity index (χ1n) is 6.05. The SMILES string of the molecule is O=C(O)c1cc(Cn2c3c(ccc2=O)CCC3)on1. The Morgan fingerprint density at radius 3 is 3.00 bits per heavy atom. The Kier molecular flexibility index (Phi) is 2.70. The van der Waals surface area contributed by atoms with Crippen molar-refractivity contribution in [2.45, 2.75) is 25.8 Å². The molecule has 3 rings (SSSR count). The monoisotopic (exact) mass is 260 g/mol. The van der Waals surface area contributed by atoms with Gasteiger partial charge >= 0.3 is 5.97 Å². The molecule has 1 aliphatic rings. The lowest BCUT2D eigenvalue weighted by Gasteiger charge is -2.09. The lowest BCUT2D eigenvalue weighted by Crippen LogP contribution is -2.23. The van der Waals surface area contributed by atoms with E-state index in [-0.39, 0.29) is 17.8 Å². The van der Waals surface area contributed by atoms with Gasteiger partial charge in [-0.25, -0.2) is 4.79 Å². The van der Waals surface area contributed by atoms with Gasteiger partial charge in [-0.15, -0.1) is 0 Å². The Labute approximate surface area is 108 Å². The van der Waals surface area contributed by atoms with E-state index in [2.05, 4.69) is 5.16 Å². The number of carbonyl (C=O) groups is 1. The molecular formula is C13H12N2O4. The smallest absolute Gasteiger partial charge is 0.358 e. The summed E-state index contributed by atoms with van der Waals surface area (Å²) in [6, 6.07) is 4.76. The van der Waals surface area contributed by atoms with E-state index in [0.717, 1.165) is 25.0 Å². The first-order valence-corrected chi connectivity index (χ1v) is 6.05. The Hall–Kier alpha value is -2.37. The number of nitrogens with zero attached hydrogens (tertiary/aromatic N) is 2. The molecule has 1 aliphatic carbocycles. The third kappa shape index (κ3) is 2.05. The van der Waals surface area contributed by atoms with Crippen LogP contribution in [0.25, 0.3) is 0 Å². The summed E-state index contributed by atoms with van der Waals surface area (Å²) in [5.41, 5.74) is 1.95. The summed E-state index contributed by atoms with van der Waals surface area (Å²) in [6.45, 7) is 0.224. The highest BCUT2D eigenvalue weighted by Crippen LogP contribution is 2.20. The van der Waals surface area contributed by atoms with Crippen LogP contribution in [0, 0.1) is 0 Å². The van der Waals surface area contributed by atoms with E-state index in [1.807, 2.05) is 6.07 Å². The lowest BCUT2D eigenvalue weighted by molar-refractivity contribution is 0.0685. The Balaban J connectivity index is 1.97. The molecule has 6 nitrogen and oxygen atoms in total. The van der Waals surface area contributed by atoms with E-state index in [9.17, 15) is 9.59 Å². The van der Waals surface area contributed by atoms with Gasteiger partial charge in [0.15, 0.2) is 11.5 Å². The van der Waals surface area contributed by atoms with Gasteiger partial charge in [0.05, 0.1) is 6.54 Å². The van der Waals surface area contributed by atoms with Crippen molar-refractivity contribution in [1.82, 2.24) is 9.72 Å². The van der Waals surface area contributed by atoms with Crippen LogP contribution >= 0.6 is 0 Å². The van der Waals surface area contributed by atoms with Gasteiger partial charge in [0.1, 0.15) is 0 Å². The zero-order valence-electron chi connectivity index (χ0n) is 10.1. The summed E-state index contributed by atoms with van der Waals surface area (Å²) < 4.78 is 6.59. The van der Waals surface area contributed by atoms with Crippen molar-refractivity contribution in [3.8, 4) is 0 Å². The second-order valence-electron chi connectivity index (χ2n) is 4.57. The van der Waals surface area contributed by atoms with E-state index in [0.29, 0.717) is 5.76 Å². The predicted molar refractivity (Wildman–Crippen MR) is 65.3 cm³/mol. The van der Waals surface area contributed by atoms with Crippen LogP contribution in [-0.4, -0.2) is 20.8 Å². The molecule has 98 valence electrons. The molecule has 19 heavy (non-hydrogen) atoms. The third-order valence-corrected chi connectivity index (χ3v) is 3.34. The highest BCUT2D eigenvalue weighted by atomic mass is 16.5. The van der Waals surface area contributed by atoms with Crippen LogP contribution in [0.5, 0.6) is 0 Å². The number of carboxylic acids is 1. The molecular weight excluding hydrogens is 248 g/mol. The summed E-state index contributed by atoms with van der Waals surface area (Å²) in [4.78, 5) is 22.6. The standard InChI is InChI=1S/C13H12N2O4/c16-12-5-4-8-2-1-3-11(8)15(12)7-9-6-10(13(17)18)14-19-9/h4-6H,1-3,7H2,(H,17,18). The fourth-order valence-corrected chi connectivity index (χ4v) is 2.45. The topological polar surface area (TPSA) is 85.3 Å². The zero-order valence-corrected chi connectivity index (χ0v) is 10.1. The number of pyridine rings is 1. The average molecular weight is 260 g/mol. The van der Waals surface area contributed by atoms with E-state index in [4.69, 9.17) is 9.63 Å². The van der Waals surface area contributed by atoms with Gasteiger partial charge in [0.2, 0.25) is 0 Å². The Morgan fingerprint density at radius 1 is 1.42 bits per heavy atom. The number of rotatable bonds is 3. The highest BCUT2D eigenvalue weighted by Gasteiger charge is 2.18. The molecule has 0 unspecified atom stereocenters. The van der Waals surface area contributed by atoms with Gasteiger partial charge in [-0.1, -0.05) is 11.2 Å². The summed E-state index contributed by atoms with van der Waals surface area (Å²) in [6.07, 6.45) is 2.88. The summed E-state index contributed by atoms with van der Waals surface area (Å²) in [7, 11) is 0. The second-order valence-corrected chi connectivity index (χ2v) is 4.57. The number of aromatic nitrogens is 2. The van der Waals surface area contributed by atoms with Crippen molar-refractivity contribution in [3.05, 3.63) is 51.3 Å². The molecule has 0 radical (unpaired) electrons. The van der Waals surface area contributed by atoms with Gasteiger partial charge in [-0.05, 0) is 24.8 Å². The number of carboxylic acid groups (broad SMARTS) is 1. The van der Waals surface area contributed by atoms with Crippen LogP contribution < -0.4 is 5.56 Å². The fraction of sp³-hybridized carbons (Fsp3) is 0.308. The summed E-state index contributed by atoms with van der Waals surface area (Å²) >= 11 is 0. The van der Waals surface area contributed by atoms with Gasteiger partial charge < -0.3 is 14.2 Å². The molecule has 0 spiro atoms. The molecule has 0 saturated heterocycles. The molecule has 0 aromatic carbocycles. The van der Waals surface area contributed by atoms with Crippen molar-refractivity contribution < 1.29 is 14.4 Å². The maximum atomic E-state index is 11.9. The molecule has 1 N–H and O–H groups in total. The minimum Gasteiger partial charge on any atom is -0.476 e. The number of fused-ring (bicyclic) bond motifs is 1. The van der Waals surface area contributed by atoms with Crippen molar-refractivity contribution in [2.75, 3.05) is 0 Å². The van der Waals surface area contributed by atoms with Crippen LogP contribution in [0.15, 0.2) is 27.5 Å². The van der Waals surface area contributed by atoms with Crippen LogP contribution in [0.1, 0.15) is 33.9 Å². The number of aromatic carboxylic acids is 1. The molecule has 0 saturated carbocycles. The molecule has 2 aromatic rings. The third-order valence-electron chi connectivity index (χ3n) is 3.34. The van der Waals surface area contributed by atoms with Gasteiger partial charge in [-0.2, -0.15) is 0 Å². The van der Waals surface area contributed by atoms with Crippen LogP contribution in [0.3, 0.4) is 0 Å². The normalized spacial score (nSPS) is 13.5. The number of aryl methyl sites for hydroxylation is 1. The Morgan fingerprint density at radius 2 is 2.26 bits per heavy atom. The van der Waals surface area contributed by atoms with E-state index < -0.39 is 5.97 Å². The predicted octanol–water partition coefficient (Wildman–Crippen LogP) is 1.07. The molecule has 0 atom stereocenters. The lowest BCUT2D eigenvalue weighted by atomic mass is 10.2. The maximum absolute atomic E-state index is 11.9. The summed E-state index contributed by atoms with van der Waals surface area (Å²) in [5.74, 6) is -0.763. The van der Waals surface area contributed by atoms with Gasteiger partial charge in [0, 0.05) is 17.8 Å². The average Bonchev–Trinajstić information content (AvgIpc) is 3.01. The van der Waals surface area contributed by atoms with E-state index in [1.165, 1.54) is 11.6 Å². The Bertz CT molecular complexity index is 699. The summed E-state index contributed by atoms with van der Waals surface area (Å²) in [5, 5.41) is 12.2. The van der Waals surface area contributed by atoms with Crippen molar-refractivity contribution in [3.63, 3.8) is 0 Å². The first-order chi connectivity index (χ1) is 9.15. The molecule has 2 heterocycles. The van der Waals surface area contributed by atoms with E-state index >= 15 is 0 Å². The zero-order chi connectivity index (χ0) is 13.4.